The molecule has 19 heavy (non-hydrogen) atoms. The molecular weight excluding hydrogens is 254 g/mol. The quantitative estimate of drug-likeness (QED) is 0.812. The number of carbonyl (C=O) groups is 1. The van der Waals surface area contributed by atoms with Crippen molar-refractivity contribution in [2.45, 2.75) is 18.1 Å². The van der Waals surface area contributed by atoms with Crippen LogP contribution in [0.25, 0.3) is 0 Å². The van der Waals surface area contributed by atoms with Gasteiger partial charge in [0.15, 0.2) is 0 Å². The lowest BCUT2D eigenvalue weighted by molar-refractivity contribution is -0.118. The Morgan fingerprint density at radius 1 is 1.05 bits per heavy atom. The van der Waals surface area contributed by atoms with E-state index < -0.39 is 4.75 Å². The molecule has 0 saturated heterocycles. The molecule has 2 aromatic carbocycles. The van der Waals surface area contributed by atoms with E-state index in [4.69, 9.17) is 0 Å². The largest absolute Gasteiger partial charge is 0.325 e. The Morgan fingerprint density at radius 2 is 1.58 bits per heavy atom. The van der Waals surface area contributed by atoms with Gasteiger partial charge in [-0.2, -0.15) is 12.6 Å². The van der Waals surface area contributed by atoms with Crippen molar-refractivity contribution in [2.75, 3.05) is 5.32 Å². The monoisotopic (exact) mass is 271 g/mol. The number of para-hydroxylation sites is 1. The summed E-state index contributed by atoms with van der Waals surface area (Å²) in [5, 5.41) is 2.92. The minimum absolute atomic E-state index is 0.101. The van der Waals surface area contributed by atoms with E-state index in [2.05, 4.69) is 17.9 Å². The Bertz CT molecular complexity index is 541. The van der Waals surface area contributed by atoms with Crippen LogP contribution in [0.2, 0.25) is 0 Å². The van der Waals surface area contributed by atoms with Crippen molar-refractivity contribution in [3.8, 4) is 0 Å². The van der Waals surface area contributed by atoms with E-state index in [0.29, 0.717) is 6.42 Å². The first-order valence-corrected chi connectivity index (χ1v) is 6.76. The minimum atomic E-state index is -0.808. The fraction of sp³-hybridized carbons (Fsp3) is 0.188. The maximum atomic E-state index is 12.5. The summed E-state index contributed by atoms with van der Waals surface area (Å²) in [6, 6.07) is 19.1. The van der Waals surface area contributed by atoms with Crippen LogP contribution in [-0.4, -0.2) is 5.91 Å². The van der Waals surface area contributed by atoms with Crippen molar-refractivity contribution < 1.29 is 4.79 Å². The van der Waals surface area contributed by atoms with Gasteiger partial charge in [0.2, 0.25) is 5.91 Å². The second-order valence-corrected chi connectivity index (χ2v) is 5.16. The van der Waals surface area contributed by atoms with Gasteiger partial charge >= 0.3 is 0 Å². The zero-order valence-electron chi connectivity index (χ0n) is 10.8. The number of hydrogen-bond donors (Lipinski definition) is 2. The van der Waals surface area contributed by atoms with Crippen molar-refractivity contribution >= 4 is 24.2 Å². The third-order valence-corrected chi connectivity index (χ3v) is 3.95. The lowest BCUT2D eigenvalue weighted by Crippen LogP contribution is -2.34. The molecule has 0 saturated carbocycles. The number of thiol groups is 1. The highest BCUT2D eigenvalue weighted by atomic mass is 32.1. The van der Waals surface area contributed by atoms with E-state index in [1.165, 1.54) is 0 Å². The molecule has 0 unspecified atom stereocenters. The molecule has 0 fully saturated rings. The van der Waals surface area contributed by atoms with Crippen molar-refractivity contribution in [1.29, 1.82) is 0 Å². The standard InChI is InChI=1S/C16H17NOS/c1-2-16(19,13-9-5-3-6-10-13)15(18)17-14-11-7-4-8-12-14/h3-12,19H,2H2,1H3,(H,17,18)/t16-/m1/s1. The van der Waals surface area contributed by atoms with Crippen LogP contribution < -0.4 is 5.32 Å². The van der Waals surface area contributed by atoms with E-state index in [0.717, 1.165) is 11.3 Å². The van der Waals surface area contributed by atoms with Gasteiger partial charge in [0.1, 0.15) is 4.75 Å². The molecule has 3 heteroatoms. The predicted octanol–water partition coefficient (Wildman–Crippen LogP) is 3.86. The fourth-order valence-electron chi connectivity index (χ4n) is 1.97. The number of amides is 1. The summed E-state index contributed by atoms with van der Waals surface area (Å²) in [7, 11) is 0. The Balaban J connectivity index is 2.24. The van der Waals surface area contributed by atoms with E-state index in [-0.39, 0.29) is 5.91 Å². The molecule has 2 nitrogen and oxygen atoms in total. The Labute approximate surface area is 119 Å². The van der Waals surface area contributed by atoms with Crippen molar-refractivity contribution in [3.05, 3.63) is 66.2 Å². The van der Waals surface area contributed by atoms with Crippen LogP contribution in [0.3, 0.4) is 0 Å². The van der Waals surface area contributed by atoms with Gasteiger partial charge in [0.25, 0.3) is 0 Å². The summed E-state index contributed by atoms with van der Waals surface area (Å²) in [4.78, 5) is 12.5. The topological polar surface area (TPSA) is 29.1 Å². The highest BCUT2D eigenvalue weighted by molar-refractivity contribution is 7.82. The molecule has 1 amide bonds. The van der Waals surface area contributed by atoms with Crippen LogP contribution in [0.5, 0.6) is 0 Å². The number of benzene rings is 2. The molecule has 0 aliphatic heterocycles. The van der Waals surface area contributed by atoms with E-state index in [9.17, 15) is 4.79 Å². The van der Waals surface area contributed by atoms with E-state index in [1.54, 1.807) is 0 Å². The maximum Gasteiger partial charge on any atom is 0.244 e. The van der Waals surface area contributed by atoms with Crippen LogP contribution >= 0.6 is 12.6 Å². The van der Waals surface area contributed by atoms with Gasteiger partial charge in [-0.3, -0.25) is 4.79 Å². The van der Waals surface area contributed by atoms with E-state index in [1.807, 2.05) is 67.6 Å². The predicted molar refractivity (Wildman–Crippen MR) is 82.5 cm³/mol. The second kappa shape index (κ2) is 5.93. The van der Waals surface area contributed by atoms with Gasteiger partial charge in [0, 0.05) is 5.69 Å². The molecule has 0 aliphatic rings. The summed E-state index contributed by atoms with van der Waals surface area (Å²) in [6.45, 7) is 1.96. The fourth-order valence-corrected chi connectivity index (χ4v) is 2.17. The normalized spacial score (nSPS) is 13.6. The lowest BCUT2D eigenvalue weighted by atomic mass is 9.94. The van der Waals surface area contributed by atoms with Gasteiger partial charge in [-0.15, -0.1) is 0 Å². The molecule has 0 radical (unpaired) electrons. The SMILES string of the molecule is CC[C@](S)(C(=O)Nc1ccccc1)c1ccccc1. The van der Waals surface area contributed by atoms with Gasteiger partial charge in [0.05, 0.1) is 0 Å². The molecule has 0 bridgehead atoms. The third-order valence-electron chi connectivity index (χ3n) is 3.17. The Morgan fingerprint density at radius 3 is 2.11 bits per heavy atom. The highest BCUT2D eigenvalue weighted by Gasteiger charge is 2.34. The van der Waals surface area contributed by atoms with Crippen molar-refractivity contribution in [1.82, 2.24) is 0 Å². The maximum absolute atomic E-state index is 12.5. The lowest BCUT2D eigenvalue weighted by Gasteiger charge is -2.26. The van der Waals surface area contributed by atoms with E-state index >= 15 is 0 Å². The molecule has 1 N–H and O–H groups in total. The highest BCUT2D eigenvalue weighted by Crippen LogP contribution is 2.33. The molecule has 0 spiro atoms. The average Bonchev–Trinajstić information content (AvgIpc) is 2.48. The minimum Gasteiger partial charge on any atom is -0.325 e. The summed E-state index contributed by atoms with van der Waals surface area (Å²) in [6.07, 6.45) is 0.624. The number of rotatable bonds is 4. The molecule has 1 atom stereocenters. The van der Waals surface area contributed by atoms with Crippen LogP contribution in [-0.2, 0) is 9.54 Å². The van der Waals surface area contributed by atoms with Crippen LogP contribution in [0, 0.1) is 0 Å². The smallest absolute Gasteiger partial charge is 0.244 e. The van der Waals surface area contributed by atoms with Gasteiger partial charge < -0.3 is 5.32 Å². The van der Waals surface area contributed by atoms with Crippen LogP contribution in [0.4, 0.5) is 5.69 Å². The summed E-state index contributed by atoms with van der Waals surface area (Å²) < 4.78 is -0.808. The number of carbonyl (C=O) groups excluding carboxylic acids is 1. The molecule has 98 valence electrons. The first-order chi connectivity index (χ1) is 9.16. The van der Waals surface area contributed by atoms with Gasteiger partial charge in [-0.25, -0.2) is 0 Å². The molecule has 2 rings (SSSR count). The zero-order valence-corrected chi connectivity index (χ0v) is 11.7. The summed E-state index contributed by atoms with van der Waals surface area (Å²) >= 11 is 4.62. The van der Waals surface area contributed by atoms with Crippen LogP contribution in [0.1, 0.15) is 18.9 Å². The summed E-state index contributed by atoms with van der Waals surface area (Å²) in [5.41, 5.74) is 1.70. The van der Waals surface area contributed by atoms with Crippen LogP contribution in [0.15, 0.2) is 60.7 Å². The Hall–Kier alpha value is -1.74. The van der Waals surface area contributed by atoms with Gasteiger partial charge in [-0.05, 0) is 24.1 Å². The number of nitrogens with one attached hydrogen (secondary N) is 1. The van der Waals surface area contributed by atoms with Crippen molar-refractivity contribution in [3.63, 3.8) is 0 Å². The molecular formula is C16H17NOS. The molecule has 0 heterocycles. The van der Waals surface area contributed by atoms with Gasteiger partial charge in [-0.1, -0.05) is 55.5 Å². The molecule has 0 aliphatic carbocycles. The zero-order chi connectivity index (χ0) is 13.7. The average molecular weight is 271 g/mol. The summed E-state index contributed by atoms with van der Waals surface area (Å²) in [5.74, 6) is -0.101. The first kappa shape index (κ1) is 13.7. The molecule has 0 aromatic heterocycles. The second-order valence-electron chi connectivity index (χ2n) is 4.40. The number of hydrogen-bond acceptors (Lipinski definition) is 2. The Kier molecular flexibility index (Phi) is 4.27. The number of anilines is 1. The first-order valence-electron chi connectivity index (χ1n) is 6.31. The van der Waals surface area contributed by atoms with Crippen molar-refractivity contribution in [2.24, 2.45) is 0 Å². The third kappa shape index (κ3) is 2.99. The molecule has 2 aromatic rings.